The quantitative estimate of drug-likeness (QED) is 0.0746. The summed E-state index contributed by atoms with van der Waals surface area (Å²) in [6.45, 7) is 17.5. The van der Waals surface area contributed by atoms with Crippen molar-refractivity contribution < 1.29 is 8.97 Å². The lowest BCUT2D eigenvalue weighted by Crippen LogP contribution is -2.45. The van der Waals surface area contributed by atoms with Crippen LogP contribution in [0.25, 0.3) is 0 Å². The fourth-order valence-corrected chi connectivity index (χ4v) is 5.93. The molecular formula is C33H72N2+2. The van der Waals surface area contributed by atoms with Crippen molar-refractivity contribution in [2.24, 2.45) is 0 Å². The number of hydrogen-bond acceptors (Lipinski definition) is 0. The summed E-state index contributed by atoms with van der Waals surface area (Å²) in [5.74, 6) is 0. The zero-order valence-corrected chi connectivity index (χ0v) is 26.0. The molecule has 212 valence electrons. The molecule has 0 amide bonds. The molecule has 0 bridgehead atoms. The van der Waals surface area contributed by atoms with Gasteiger partial charge in [-0.05, 0) is 52.4 Å². The van der Waals surface area contributed by atoms with Crippen molar-refractivity contribution in [2.75, 3.05) is 53.4 Å². The van der Waals surface area contributed by atoms with E-state index in [0.29, 0.717) is 0 Å². The SMILES string of the molecule is CCC[N+](C)(CC)CCCCCCCCCCCCCCCCCCCCC[N+](C)(CC)CCC. The van der Waals surface area contributed by atoms with Gasteiger partial charge >= 0.3 is 0 Å². The number of rotatable bonds is 28. The van der Waals surface area contributed by atoms with E-state index < -0.39 is 0 Å². The Morgan fingerprint density at radius 3 is 0.657 bits per heavy atom. The Hall–Kier alpha value is -0.0800. The molecule has 0 aromatic carbocycles. The third-order valence-electron chi connectivity index (χ3n) is 8.95. The van der Waals surface area contributed by atoms with Gasteiger partial charge in [0, 0.05) is 0 Å². The maximum absolute atomic E-state index is 2.45. The monoisotopic (exact) mass is 497 g/mol. The topological polar surface area (TPSA) is 0 Å². The second-order valence-electron chi connectivity index (χ2n) is 12.5. The molecule has 0 heterocycles. The predicted molar refractivity (Wildman–Crippen MR) is 161 cm³/mol. The van der Waals surface area contributed by atoms with Gasteiger partial charge in [-0.2, -0.15) is 0 Å². The van der Waals surface area contributed by atoms with Crippen LogP contribution in [0.5, 0.6) is 0 Å². The highest BCUT2D eigenvalue weighted by Crippen LogP contribution is 2.16. The van der Waals surface area contributed by atoms with E-state index in [0.717, 1.165) is 0 Å². The van der Waals surface area contributed by atoms with Crippen molar-refractivity contribution in [2.45, 2.75) is 163 Å². The molecule has 0 aliphatic heterocycles. The van der Waals surface area contributed by atoms with Gasteiger partial charge in [-0.25, -0.2) is 0 Å². The van der Waals surface area contributed by atoms with Gasteiger partial charge in [0.15, 0.2) is 0 Å². The zero-order chi connectivity index (χ0) is 26.1. The Bertz CT molecular complexity index is 385. The molecule has 0 aromatic heterocycles. The first-order chi connectivity index (χ1) is 16.9. The molecule has 2 nitrogen and oxygen atoms in total. The molecule has 0 radical (unpaired) electrons. The average molecular weight is 497 g/mol. The van der Waals surface area contributed by atoms with Crippen molar-refractivity contribution >= 4 is 0 Å². The lowest BCUT2D eigenvalue weighted by Gasteiger charge is -2.33. The first-order valence-electron chi connectivity index (χ1n) is 16.6. The minimum atomic E-state index is 1.29. The minimum Gasteiger partial charge on any atom is -0.326 e. The second kappa shape index (κ2) is 24.3. The van der Waals surface area contributed by atoms with Crippen LogP contribution in [0.15, 0.2) is 0 Å². The number of hydrogen-bond donors (Lipinski definition) is 0. The molecule has 0 fully saturated rings. The van der Waals surface area contributed by atoms with Crippen LogP contribution < -0.4 is 0 Å². The molecular weight excluding hydrogens is 424 g/mol. The highest BCUT2D eigenvalue weighted by molar-refractivity contribution is 4.51. The molecule has 0 rings (SSSR count). The van der Waals surface area contributed by atoms with E-state index in [-0.39, 0.29) is 0 Å². The van der Waals surface area contributed by atoms with E-state index in [9.17, 15) is 0 Å². The van der Waals surface area contributed by atoms with E-state index in [4.69, 9.17) is 0 Å². The van der Waals surface area contributed by atoms with Crippen LogP contribution in [0.4, 0.5) is 0 Å². The van der Waals surface area contributed by atoms with Crippen molar-refractivity contribution in [1.29, 1.82) is 0 Å². The van der Waals surface area contributed by atoms with Gasteiger partial charge in [0.25, 0.3) is 0 Å². The normalized spacial score (nSPS) is 15.3. The third kappa shape index (κ3) is 21.7. The van der Waals surface area contributed by atoms with Crippen LogP contribution >= 0.6 is 0 Å². The third-order valence-corrected chi connectivity index (χ3v) is 8.95. The average Bonchev–Trinajstić information content (AvgIpc) is 2.85. The Morgan fingerprint density at radius 2 is 0.486 bits per heavy atom. The molecule has 0 aliphatic carbocycles. The van der Waals surface area contributed by atoms with Crippen molar-refractivity contribution in [1.82, 2.24) is 0 Å². The molecule has 0 aromatic rings. The van der Waals surface area contributed by atoms with Gasteiger partial charge in [-0.1, -0.05) is 110 Å². The van der Waals surface area contributed by atoms with Crippen LogP contribution in [0, 0.1) is 0 Å². The number of quaternary nitrogens is 2. The number of nitrogens with zero attached hydrogens (tertiary/aromatic N) is 2. The lowest BCUT2D eigenvalue weighted by atomic mass is 10.0. The smallest absolute Gasteiger partial charge is 0.0784 e. The molecule has 0 aliphatic rings. The highest BCUT2D eigenvalue weighted by Gasteiger charge is 2.17. The maximum atomic E-state index is 2.45. The largest absolute Gasteiger partial charge is 0.326 e. The molecule has 35 heavy (non-hydrogen) atoms. The van der Waals surface area contributed by atoms with E-state index >= 15 is 0 Å². The summed E-state index contributed by atoms with van der Waals surface area (Å²) in [6, 6.07) is 0. The predicted octanol–water partition coefficient (Wildman–Crippen LogP) is 10.2. The van der Waals surface area contributed by atoms with Crippen molar-refractivity contribution in [3.05, 3.63) is 0 Å². The van der Waals surface area contributed by atoms with Gasteiger partial charge in [-0.3, -0.25) is 0 Å². The number of unbranched alkanes of at least 4 members (excludes halogenated alkanes) is 18. The molecule has 0 saturated heterocycles. The molecule has 0 saturated carbocycles. The van der Waals surface area contributed by atoms with Crippen LogP contribution in [-0.2, 0) is 0 Å². The Morgan fingerprint density at radius 1 is 0.286 bits per heavy atom. The van der Waals surface area contributed by atoms with Crippen molar-refractivity contribution in [3.63, 3.8) is 0 Å². The first-order valence-corrected chi connectivity index (χ1v) is 16.6. The summed E-state index contributed by atoms with van der Waals surface area (Å²) >= 11 is 0. The van der Waals surface area contributed by atoms with Gasteiger partial charge in [0.1, 0.15) is 0 Å². The second-order valence-corrected chi connectivity index (χ2v) is 12.5. The molecule has 0 spiro atoms. The molecule has 0 N–H and O–H groups in total. The fraction of sp³-hybridized carbons (Fsp3) is 1.00. The fourth-order valence-electron chi connectivity index (χ4n) is 5.93. The van der Waals surface area contributed by atoms with E-state index in [2.05, 4.69) is 41.8 Å². The lowest BCUT2D eigenvalue weighted by molar-refractivity contribution is -0.908. The highest BCUT2D eigenvalue weighted by atomic mass is 15.3. The van der Waals surface area contributed by atoms with Crippen molar-refractivity contribution in [3.8, 4) is 0 Å². The summed E-state index contributed by atoms with van der Waals surface area (Å²) in [7, 11) is 4.89. The van der Waals surface area contributed by atoms with Gasteiger partial charge in [-0.15, -0.1) is 0 Å². The summed E-state index contributed by atoms with van der Waals surface area (Å²) in [6.07, 6.45) is 30.6. The van der Waals surface area contributed by atoms with Gasteiger partial charge < -0.3 is 8.97 Å². The Balaban J connectivity index is 3.26. The van der Waals surface area contributed by atoms with Gasteiger partial charge in [0.2, 0.25) is 0 Å². The van der Waals surface area contributed by atoms with E-state index in [1.54, 1.807) is 0 Å². The van der Waals surface area contributed by atoms with Crippen LogP contribution in [-0.4, -0.2) is 62.3 Å². The Kier molecular flexibility index (Phi) is 24.2. The van der Waals surface area contributed by atoms with Crippen LogP contribution in [0.3, 0.4) is 0 Å². The summed E-state index contributed by atoms with van der Waals surface area (Å²) in [5.41, 5.74) is 0. The summed E-state index contributed by atoms with van der Waals surface area (Å²) < 4.78 is 2.57. The Labute approximate surface area is 224 Å². The maximum Gasteiger partial charge on any atom is 0.0784 e. The van der Waals surface area contributed by atoms with Crippen LogP contribution in [0.1, 0.15) is 163 Å². The van der Waals surface area contributed by atoms with Crippen LogP contribution in [0.2, 0.25) is 0 Å². The molecule has 2 atom stereocenters. The standard InChI is InChI=1S/C33H72N2/c1-7-30-34(5,9-3)32-28-26-24-22-20-18-16-14-12-11-13-15-17-19-21-23-25-27-29-33-35(6,10-4)31-8-2/h7-33H2,1-6H3/q+2. The molecule has 2 heteroatoms. The minimum absolute atomic E-state index is 1.29. The van der Waals surface area contributed by atoms with E-state index in [1.165, 1.54) is 183 Å². The first kappa shape index (κ1) is 34.9. The summed E-state index contributed by atoms with van der Waals surface area (Å²) in [5, 5.41) is 0. The molecule has 2 unspecified atom stereocenters. The summed E-state index contributed by atoms with van der Waals surface area (Å²) in [4.78, 5) is 0. The van der Waals surface area contributed by atoms with E-state index in [1.807, 2.05) is 0 Å². The van der Waals surface area contributed by atoms with Gasteiger partial charge in [0.05, 0.1) is 53.4 Å². The zero-order valence-electron chi connectivity index (χ0n) is 26.0.